The van der Waals surface area contributed by atoms with Gasteiger partial charge in [0.15, 0.2) is 0 Å². The van der Waals surface area contributed by atoms with Crippen molar-refractivity contribution in [2.45, 2.75) is 20.3 Å². The molecule has 0 atom stereocenters. The minimum atomic E-state index is -0.288. The molecule has 0 aromatic heterocycles. The molecule has 0 saturated carbocycles. The van der Waals surface area contributed by atoms with Gasteiger partial charge in [-0.25, -0.2) is 0 Å². The maximum absolute atomic E-state index is 11.3. The summed E-state index contributed by atoms with van der Waals surface area (Å²) < 4.78 is 0. The highest BCUT2D eigenvalue weighted by molar-refractivity contribution is 5.87. The highest BCUT2D eigenvalue weighted by Gasteiger charge is 2.04. The van der Waals surface area contributed by atoms with Crippen molar-refractivity contribution in [3.63, 3.8) is 0 Å². The van der Waals surface area contributed by atoms with E-state index < -0.39 is 0 Å². The lowest BCUT2D eigenvalue weighted by molar-refractivity contribution is -0.121. The van der Waals surface area contributed by atoms with Gasteiger partial charge in [-0.15, -0.1) is 0 Å². The van der Waals surface area contributed by atoms with E-state index in [9.17, 15) is 9.59 Å². The normalized spacial score (nSPS) is 9.94. The molecule has 0 unspecified atom stereocenters. The van der Waals surface area contributed by atoms with Gasteiger partial charge in [-0.2, -0.15) is 0 Å². The largest absolute Gasteiger partial charge is 0.339 e. The molecule has 0 spiro atoms. The van der Waals surface area contributed by atoms with E-state index in [1.165, 1.54) is 6.08 Å². The molecule has 0 aliphatic heterocycles. The molecule has 0 bridgehead atoms. The summed E-state index contributed by atoms with van der Waals surface area (Å²) in [6.07, 6.45) is 1.62. The molecule has 5 nitrogen and oxygen atoms in total. The fourth-order valence-electron chi connectivity index (χ4n) is 1.19. The Morgan fingerprint density at radius 3 is 2.38 bits per heavy atom. The molecule has 0 aromatic rings. The fraction of sp³-hybridized carbons (Fsp3) is 0.636. The van der Waals surface area contributed by atoms with Crippen LogP contribution in [0.4, 0.5) is 0 Å². The number of hydrogen-bond acceptors (Lipinski definition) is 3. The van der Waals surface area contributed by atoms with E-state index in [-0.39, 0.29) is 18.5 Å². The standard InChI is InChI=1S/C11H21N3O2/c1-4-10(15)12-9-13-11(16)7-8-14(5-2)6-3/h4H,1,5-9H2,2-3H3,(H,12,15)(H,13,16). The van der Waals surface area contributed by atoms with Gasteiger partial charge >= 0.3 is 0 Å². The molecule has 92 valence electrons. The molecule has 0 heterocycles. The van der Waals surface area contributed by atoms with Gasteiger partial charge in [0.2, 0.25) is 11.8 Å². The molecular weight excluding hydrogens is 206 g/mol. The first-order chi connectivity index (χ1) is 7.63. The van der Waals surface area contributed by atoms with E-state index in [1.54, 1.807) is 0 Å². The molecule has 2 N–H and O–H groups in total. The predicted octanol–water partition coefficient (Wildman–Crippen LogP) is 0.0942. The quantitative estimate of drug-likeness (QED) is 0.456. The molecule has 5 heteroatoms. The van der Waals surface area contributed by atoms with Gasteiger partial charge < -0.3 is 15.5 Å². The summed E-state index contributed by atoms with van der Waals surface area (Å²) in [4.78, 5) is 24.3. The number of rotatable bonds is 8. The topological polar surface area (TPSA) is 61.4 Å². The van der Waals surface area contributed by atoms with Crippen LogP contribution < -0.4 is 10.6 Å². The molecule has 0 rings (SSSR count). The lowest BCUT2D eigenvalue weighted by Crippen LogP contribution is -2.38. The molecule has 0 aromatic carbocycles. The Kier molecular flexibility index (Phi) is 8.15. The molecule has 0 saturated heterocycles. The van der Waals surface area contributed by atoms with E-state index in [1.807, 2.05) is 0 Å². The van der Waals surface area contributed by atoms with Crippen molar-refractivity contribution in [2.24, 2.45) is 0 Å². The highest BCUT2D eigenvalue weighted by Crippen LogP contribution is 1.90. The predicted molar refractivity (Wildman–Crippen MR) is 63.8 cm³/mol. The molecule has 0 radical (unpaired) electrons. The number of hydrogen-bond donors (Lipinski definition) is 2. The van der Waals surface area contributed by atoms with Gasteiger partial charge in [0.1, 0.15) is 0 Å². The monoisotopic (exact) mass is 227 g/mol. The van der Waals surface area contributed by atoms with Crippen LogP contribution >= 0.6 is 0 Å². The minimum absolute atomic E-state index is 0.0590. The first kappa shape index (κ1) is 14.6. The van der Waals surface area contributed by atoms with Crippen molar-refractivity contribution in [3.05, 3.63) is 12.7 Å². The third kappa shape index (κ3) is 7.00. The van der Waals surface area contributed by atoms with Crippen molar-refractivity contribution in [1.29, 1.82) is 0 Å². The third-order valence-electron chi connectivity index (χ3n) is 2.28. The maximum Gasteiger partial charge on any atom is 0.244 e. The SMILES string of the molecule is C=CC(=O)NCNC(=O)CCN(CC)CC. The van der Waals surface area contributed by atoms with E-state index in [0.29, 0.717) is 6.42 Å². The lowest BCUT2D eigenvalue weighted by atomic mass is 10.3. The van der Waals surface area contributed by atoms with Crippen molar-refractivity contribution in [3.8, 4) is 0 Å². The van der Waals surface area contributed by atoms with Crippen molar-refractivity contribution in [2.75, 3.05) is 26.3 Å². The summed E-state index contributed by atoms with van der Waals surface area (Å²) in [6, 6.07) is 0. The van der Waals surface area contributed by atoms with E-state index in [2.05, 4.69) is 36.0 Å². The molecule has 2 amide bonds. The van der Waals surface area contributed by atoms with Crippen LogP contribution in [0, 0.1) is 0 Å². The molecule has 0 aliphatic rings. The van der Waals surface area contributed by atoms with Crippen LogP contribution in [0.5, 0.6) is 0 Å². The van der Waals surface area contributed by atoms with Crippen molar-refractivity contribution >= 4 is 11.8 Å². The number of amides is 2. The summed E-state index contributed by atoms with van der Waals surface area (Å²) in [5, 5.41) is 5.08. The highest BCUT2D eigenvalue weighted by atomic mass is 16.2. The zero-order valence-electron chi connectivity index (χ0n) is 10.1. The summed E-state index contributed by atoms with van der Waals surface area (Å²) in [5.74, 6) is -0.347. The fourth-order valence-corrected chi connectivity index (χ4v) is 1.19. The average molecular weight is 227 g/mol. The summed E-state index contributed by atoms with van der Waals surface area (Å²) in [6.45, 7) is 10.2. The number of carbonyl (C=O) groups is 2. The Morgan fingerprint density at radius 2 is 1.88 bits per heavy atom. The van der Waals surface area contributed by atoms with Gasteiger partial charge in [-0.05, 0) is 19.2 Å². The second-order valence-corrected chi connectivity index (χ2v) is 3.30. The average Bonchev–Trinajstić information content (AvgIpc) is 2.30. The van der Waals surface area contributed by atoms with Gasteiger partial charge in [-0.3, -0.25) is 9.59 Å². The lowest BCUT2D eigenvalue weighted by Gasteiger charge is -2.17. The molecule has 0 aliphatic carbocycles. The third-order valence-corrected chi connectivity index (χ3v) is 2.28. The van der Waals surface area contributed by atoms with Gasteiger partial charge in [-0.1, -0.05) is 20.4 Å². The first-order valence-corrected chi connectivity index (χ1v) is 5.53. The molecule has 16 heavy (non-hydrogen) atoms. The number of carbonyl (C=O) groups excluding carboxylic acids is 2. The van der Waals surface area contributed by atoms with E-state index >= 15 is 0 Å². The Balaban J connectivity index is 3.58. The number of nitrogens with one attached hydrogen (secondary N) is 2. The van der Waals surface area contributed by atoms with E-state index in [0.717, 1.165) is 19.6 Å². The zero-order valence-corrected chi connectivity index (χ0v) is 10.1. The van der Waals surface area contributed by atoms with Crippen LogP contribution in [-0.4, -0.2) is 43.0 Å². The molecule has 0 fully saturated rings. The first-order valence-electron chi connectivity index (χ1n) is 5.53. The number of nitrogens with zero attached hydrogens (tertiary/aromatic N) is 1. The summed E-state index contributed by atoms with van der Waals surface area (Å²) >= 11 is 0. The Morgan fingerprint density at radius 1 is 1.25 bits per heavy atom. The van der Waals surface area contributed by atoms with Crippen molar-refractivity contribution in [1.82, 2.24) is 15.5 Å². The van der Waals surface area contributed by atoms with Gasteiger partial charge in [0.25, 0.3) is 0 Å². The van der Waals surface area contributed by atoms with Crippen LogP contribution in [-0.2, 0) is 9.59 Å². The van der Waals surface area contributed by atoms with E-state index in [4.69, 9.17) is 0 Å². The summed E-state index contributed by atoms with van der Waals surface area (Å²) in [5.41, 5.74) is 0. The van der Waals surface area contributed by atoms with Crippen molar-refractivity contribution < 1.29 is 9.59 Å². The second-order valence-electron chi connectivity index (χ2n) is 3.30. The second kappa shape index (κ2) is 8.91. The van der Waals surface area contributed by atoms with Gasteiger partial charge in [0, 0.05) is 13.0 Å². The smallest absolute Gasteiger partial charge is 0.244 e. The minimum Gasteiger partial charge on any atom is -0.339 e. The van der Waals surface area contributed by atoms with Crippen LogP contribution in [0.15, 0.2) is 12.7 Å². The maximum atomic E-state index is 11.3. The Bertz CT molecular complexity index is 237. The van der Waals surface area contributed by atoms with Gasteiger partial charge in [0.05, 0.1) is 6.67 Å². The Labute approximate surface area is 96.9 Å². The van der Waals surface area contributed by atoms with Crippen LogP contribution in [0.3, 0.4) is 0 Å². The molecular formula is C11H21N3O2. The Hall–Kier alpha value is -1.36. The van der Waals surface area contributed by atoms with Crippen LogP contribution in [0.2, 0.25) is 0 Å². The van der Waals surface area contributed by atoms with Crippen LogP contribution in [0.1, 0.15) is 20.3 Å². The van der Waals surface area contributed by atoms with Crippen LogP contribution in [0.25, 0.3) is 0 Å². The zero-order chi connectivity index (χ0) is 12.4. The summed E-state index contributed by atoms with van der Waals surface area (Å²) in [7, 11) is 0.